The highest BCUT2D eigenvalue weighted by molar-refractivity contribution is 7.19. The molecule has 7 nitrogen and oxygen atoms in total. The Morgan fingerprint density at radius 3 is 2.89 bits per heavy atom. The number of carboxylic acid groups (broad SMARTS) is 1. The molecule has 8 heteroatoms. The normalized spacial score (nSPS) is 10.9. The fourth-order valence-electron chi connectivity index (χ4n) is 1.54. The molecule has 0 saturated heterocycles. The summed E-state index contributed by atoms with van der Waals surface area (Å²) < 4.78 is 3.20. The molecule has 0 aliphatic carbocycles. The molecule has 0 spiro atoms. The fraction of sp³-hybridized carbons (Fsp3) is 0.100. The predicted molar refractivity (Wildman–Crippen MR) is 61.9 cm³/mol. The van der Waals surface area contributed by atoms with E-state index in [-0.39, 0.29) is 6.54 Å². The van der Waals surface area contributed by atoms with Gasteiger partial charge in [0.25, 0.3) is 0 Å². The van der Waals surface area contributed by atoms with Crippen LogP contribution in [-0.2, 0) is 11.3 Å². The smallest absolute Gasteiger partial charge is 0.370 e. The Labute approximate surface area is 105 Å². The third-order valence-electron chi connectivity index (χ3n) is 2.34. The molecule has 0 aliphatic rings. The number of pyridine rings is 1. The summed E-state index contributed by atoms with van der Waals surface area (Å²) in [5.74, 6) is -0.869. The molecule has 90 valence electrons. The Morgan fingerprint density at radius 2 is 2.22 bits per heavy atom. The van der Waals surface area contributed by atoms with Crippen molar-refractivity contribution in [3.8, 4) is 10.6 Å². The zero-order valence-corrected chi connectivity index (χ0v) is 9.91. The lowest BCUT2D eigenvalue weighted by molar-refractivity contribution is -0.685. The number of aliphatic carboxylic acids is 1. The molecule has 0 bridgehead atoms. The highest BCUT2D eigenvalue weighted by atomic mass is 32.1. The van der Waals surface area contributed by atoms with Crippen molar-refractivity contribution in [2.75, 3.05) is 0 Å². The van der Waals surface area contributed by atoms with E-state index in [4.69, 9.17) is 5.11 Å². The number of rotatable bonds is 3. The largest absolute Gasteiger partial charge is 0.477 e. The monoisotopic (exact) mass is 262 g/mol. The maximum atomic E-state index is 10.6. The summed E-state index contributed by atoms with van der Waals surface area (Å²) in [6, 6.07) is 3.66. The van der Waals surface area contributed by atoms with Crippen molar-refractivity contribution < 1.29 is 14.5 Å². The summed E-state index contributed by atoms with van der Waals surface area (Å²) >= 11 is 1.43. The highest BCUT2D eigenvalue weighted by Crippen LogP contribution is 2.23. The van der Waals surface area contributed by atoms with E-state index >= 15 is 0 Å². The van der Waals surface area contributed by atoms with Crippen LogP contribution >= 0.6 is 11.3 Å². The molecule has 0 saturated carbocycles. The van der Waals surface area contributed by atoms with Crippen LogP contribution in [-0.4, -0.2) is 30.9 Å². The molecule has 0 amide bonds. The van der Waals surface area contributed by atoms with Gasteiger partial charge in [-0.15, -0.1) is 10.2 Å². The molecule has 3 aromatic rings. The lowest BCUT2D eigenvalue weighted by atomic mass is 10.3. The minimum Gasteiger partial charge on any atom is -0.477 e. The summed E-state index contributed by atoms with van der Waals surface area (Å²) in [5.41, 5.74) is 0.923. The number of fused-ring (bicyclic) bond motifs is 1. The summed E-state index contributed by atoms with van der Waals surface area (Å²) in [6.07, 6.45) is 4.97. The van der Waals surface area contributed by atoms with Gasteiger partial charge in [-0.3, -0.25) is 0 Å². The van der Waals surface area contributed by atoms with Crippen LogP contribution in [0, 0.1) is 0 Å². The van der Waals surface area contributed by atoms with Gasteiger partial charge in [0.15, 0.2) is 12.4 Å². The van der Waals surface area contributed by atoms with Gasteiger partial charge in [0.1, 0.15) is 11.3 Å². The molecular weight excluding hydrogens is 254 g/mol. The Bertz CT molecular complexity index is 674. The van der Waals surface area contributed by atoms with Crippen molar-refractivity contribution in [3.63, 3.8) is 0 Å². The van der Waals surface area contributed by atoms with Gasteiger partial charge in [-0.1, -0.05) is 11.3 Å². The van der Waals surface area contributed by atoms with Gasteiger partial charge in [0.2, 0.25) is 11.5 Å². The summed E-state index contributed by atoms with van der Waals surface area (Å²) in [4.78, 5) is 11.3. The van der Waals surface area contributed by atoms with Crippen molar-refractivity contribution in [2.24, 2.45) is 0 Å². The number of carboxylic acids is 1. The van der Waals surface area contributed by atoms with Crippen molar-refractivity contribution >= 4 is 22.3 Å². The molecule has 3 rings (SSSR count). The first-order valence-electron chi connectivity index (χ1n) is 5.10. The zero-order chi connectivity index (χ0) is 12.5. The summed E-state index contributed by atoms with van der Waals surface area (Å²) in [6.45, 7) is -0.0502. The van der Waals surface area contributed by atoms with E-state index in [0.29, 0.717) is 0 Å². The quantitative estimate of drug-likeness (QED) is 0.683. The van der Waals surface area contributed by atoms with Crippen LogP contribution in [0.2, 0.25) is 0 Å². The molecule has 0 radical (unpaired) electrons. The van der Waals surface area contributed by atoms with E-state index in [1.807, 2.05) is 12.1 Å². The molecule has 0 fully saturated rings. The van der Waals surface area contributed by atoms with Crippen molar-refractivity contribution in [1.29, 1.82) is 0 Å². The fourth-order valence-corrected chi connectivity index (χ4v) is 2.36. The van der Waals surface area contributed by atoms with Crippen LogP contribution in [0.5, 0.6) is 0 Å². The van der Waals surface area contributed by atoms with Crippen LogP contribution in [0.1, 0.15) is 0 Å². The zero-order valence-electron chi connectivity index (χ0n) is 9.09. The number of hydrogen-bond donors (Lipinski definition) is 1. The molecule has 18 heavy (non-hydrogen) atoms. The van der Waals surface area contributed by atoms with Gasteiger partial charge in [0.05, 0.1) is 0 Å². The van der Waals surface area contributed by atoms with Crippen LogP contribution in [0.15, 0.2) is 30.9 Å². The number of nitrogens with zero attached hydrogens (tertiary/aromatic N) is 5. The average Bonchev–Trinajstić information content (AvgIpc) is 2.89. The van der Waals surface area contributed by atoms with E-state index in [2.05, 4.69) is 15.3 Å². The first kappa shape index (κ1) is 10.8. The molecule has 0 aliphatic heterocycles. The van der Waals surface area contributed by atoms with Gasteiger partial charge in [0, 0.05) is 17.7 Å². The topological polar surface area (TPSA) is 84.3 Å². The standard InChI is InChI=1S/C10H7N5O2S/c16-8(17)5-14-3-1-7(2-4-14)9-13-15-6-11-12-10(15)18-9/h1-4,6H,5H2/p+1. The SMILES string of the molecule is O=C(O)C[n+]1ccc(-c2nn3cnnc3s2)cc1. The highest BCUT2D eigenvalue weighted by Gasteiger charge is 2.11. The number of carbonyl (C=O) groups is 1. The third-order valence-corrected chi connectivity index (χ3v) is 3.30. The molecule has 3 aromatic heterocycles. The first-order chi connectivity index (χ1) is 8.72. The molecular formula is C10H8N5O2S+. The van der Waals surface area contributed by atoms with E-state index in [1.54, 1.807) is 27.8 Å². The van der Waals surface area contributed by atoms with Gasteiger partial charge in [-0.2, -0.15) is 14.2 Å². The summed E-state index contributed by atoms with van der Waals surface area (Å²) in [5, 5.41) is 21.5. The minimum atomic E-state index is -0.869. The molecule has 1 N–H and O–H groups in total. The second-order valence-electron chi connectivity index (χ2n) is 3.62. The number of aromatic nitrogens is 5. The maximum Gasteiger partial charge on any atom is 0.370 e. The van der Waals surface area contributed by atoms with Crippen LogP contribution in [0.4, 0.5) is 0 Å². The Hall–Kier alpha value is -2.35. The van der Waals surface area contributed by atoms with Crippen molar-refractivity contribution in [3.05, 3.63) is 30.9 Å². The van der Waals surface area contributed by atoms with Crippen LogP contribution in [0.3, 0.4) is 0 Å². The van der Waals surface area contributed by atoms with E-state index in [9.17, 15) is 4.79 Å². The van der Waals surface area contributed by atoms with Gasteiger partial charge in [-0.05, 0) is 0 Å². The average molecular weight is 262 g/mol. The van der Waals surface area contributed by atoms with E-state index < -0.39 is 5.97 Å². The second kappa shape index (κ2) is 4.15. The summed E-state index contributed by atoms with van der Waals surface area (Å²) in [7, 11) is 0. The number of hydrogen-bond acceptors (Lipinski definition) is 5. The van der Waals surface area contributed by atoms with Crippen LogP contribution in [0.25, 0.3) is 15.5 Å². The van der Waals surface area contributed by atoms with Crippen molar-refractivity contribution in [1.82, 2.24) is 19.8 Å². The van der Waals surface area contributed by atoms with E-state index in [1.165, 1.54) is 11.3 Å². The Kier molecular flexibility index (Phi) is 2.49. The lowest BCUT2D eigenvalue weighted by Gasteiger charge is -1.94. The minimum absolute atomic E-state index is 0.0502. The first-order valence-corrected chi connectivity index (χ1v) is 5.92. The van der Waals surface area contributed by atoms with E-state index in [0.717, 1.165) is 15.5 Å². The van der Waals surface area contributed by atoms with Crippen molar-refractivity contribution in [2.45, 2.75) is 6.54 Å². The molecule has 0 unspecified atom stereocenters. The maximum absolute atomic E-state index is 10.6. The van der Waals surface area contributed by atoms with Gasteiger partial charge in [-0.25, -0.2) is 4.79 Å². The van der Waals surface area contributed by atoms with Gasteiger partial charge >= 0.3 is 5.97 Å². The molecule has 0 atom stereocenters. The van der Waals surface area contributed by atoms with Gasteiger partial charge < -0.3 is 5.11 Å². The second-order valence-corrected chi connectivity index (χ2v) is 4.57. The lowest BCUT2D eigenvalue weighted by Crippen LogP contribution is -2.36. The Balaban J connectivity index is 1.92. The Morgan fingerprint density at radius 1 is 1.44 bits per heavy atom. The molecule has 0 aromatic carbocycles. The molecule has 3 heterocycles. The van der Waals surface area contributed by atoms with Crippen LogP contribution < -0.4 is 4.57 Å². The predicted octanol–water partition coefficient (Wildman–Crippen LogP) is 0.225. The third kappa shape index (κ3) is 1.93.